The van der Waals surface area contributed by atoms with Gasteiger partial charge in [0.2, 0.25) is 0 Å². The number of hydrogen-bond acceptors (Lipinski definition) is 9. The van der Waals surface area contributed by atoms with Gasteiger partial charge in [-0.2, -0.15) is 0 Å². The molecule has 0 amide bonds. The van der Waals surface area contributed by atoms with Crippen molar-refractivity contribution in [2.75, 3.05) is 53.6 Å². The fourth-order valence-electron chi connectivity index (χ4n) is 10.1. The van der Waals surface area contributed by atoms with Gasteiger partial charge in [-0.3, -0.25) is 4.79 Å². The maximum atomic E-state index is 12.5. The monoisotopic (exact) mass is 640 g/mol. The zero-order valence-electron chi connectivity index (χ0n) is 29.4. The summed E-state index contributed by atoms with van der Waals surface area (Å²) in [5.41, 5.74) is 0.158. The molecule has 4 saturated carbocycles. The number of carbonyl (C=O) groups excluding carboxylic acids is 1. The van der Waals surface area contributed by atoms with Gasteiger partial charge < -0.3 is 37.9 Å². The summed E-state index contributed by atoms with van der Waals surface area (Å²) in [4.78, 5) is 12.5. The van der Waals surface area contributed by atoms with Crippen LogP contribution in [0.1, 0.15) is 106 Å². The minimum atomic E-state index is -0.181. The lowest BCUT2D eigenvalue weighted by molar-refractivity contribution is -0.252. The molecule has 0 aliphatic heterocycles. The third-order valence-electron chi connectivity index (χ3n) is 12.5. The molecular formula is C36H64O9. The summed E-state index contributed by atoms with van der Waals surface area (Å²) in [5, 5.41) is 0. The number of hydrogen-bond donors (Lipinski definition) is 0. The van der Waals surface area contributed by atoms with Gasteiger partial charge in [0.15, 0.2) is 6.79 Å². The maximum Gasteiger partial charge on any atom is 0.307 e. The Morgan fingerprint density at radius 3 is 2.09 bits per heavy atom. The highest BCUT2D eigenvalue weighted by Gasteiger charge is 2.66. The van der Waals surface area contributed by atoms with E-state index in [0.29, 0.717) is 88.7 Å². The summed E-state index contributed by atoms with van der Waals surface area (Å²) in [7, 11) is 0. The zero-order chi connectivity index (χ0) is 32.5. The average molecular weight is 641 g/mol. The minimum absolute atomic E-state index is 0.0334. The van der Waals surface area contributed by atoms with Crippen LogP contribution < -0.4 is 0 Å². The second-order valence-corrected chi connectivity index (χ2v) is 14.4. The lowest BCUT2D eigenvalue weighted by atomic mass is 9.43. The molecule has 0 spiro atoms. The molecular weight excluding hydrogens is 576 g/mol. The first-order chi connectivity index (χ1) is 21.7. The van der Waals surface area contributed by atoms with E-state index in [9.17, 15) is 4.79 Å². The van der Waals surface area contributed by atoms with Gasteiger partial charge in [-0.25, -0.2) is 0 Å². The molecule has 0 aromatic carbocycles. The quantitative estimate of drug-likeness (QED) is 0.0845. The fraction of sp³-hybridized carbons (Fsp3) is 0.972. The van der Waals surface area contributed by atoms with Gasteiger partial charge >= 0.3 is 5.97 Å². The van der Waals surface area contributed by atoms with Crippen LogP contribution in [-0.4, -0.2) is 77.9 Å². The Labute approximate surface area is 273 Å². The van der Waals surface area contributed by atoms with Crippen LogP contribution in [0.2, 0.25) is 0 Å². The Morgan fingerprint density at radius 2 is 1.40 bits per heavy atom. The van der Waals surface area contributed by atoms with Crippen molar-refractivity contribution in [1.82, 2.24) is 0 Å². The van der Waals surface area contributed by atoms with E-state index in [-0.39, 0.29) is 41.9 Å². The van der Waals surface area contributed by atoms with E-state index in [1.165, 1.54) is 0 Å². The van der Waals surface area contributed by atoms with E-state index < -0.39 is 0 Å². The van der Waals surface area contributed by atoms with E-state index in [2.05, 4.69) is 20.8 Å². The van der Waals surface area contributed by atoms with Crippen molar-refractivity contribution < 1.29 is 42.7 Å². The SMILES string of the molecule is CCOCOC(=O)CC[C@@H](C)[C@H]1CC[C@H]2[C@@H]3[C@H](OCOCC)C[C@@H]4C[C@H](OCOCC)CC[C@]4(C)[C@H]3C[C@H](OCOCC)[C@]12C. The normalized spacial score (nSPS) is 38.3. The molecule has 0 radical (unpaired) electrons. The summed E-state index contributed by atoms with van der Waals surface area (Å²) >= 11 is 0. The summed E-state index contributed by atoms with van der Waals surface area (Å²) in [6.45, 7) is 18.9. The van der Waals surface area contributed by atoms with Crippen molar-refractivity contribution in [3.8, 4) is 0 Å². The van der Waals surface area contributed by atoms with Gasteiger partial charge in [-0.05, 0) is 120 Å². The molecule has 0 saturated heterocycles. The topological polar surface area (TPSA) is 90.9 Å². The number of rotatable bonds is 19. The van der Waals surface area contributed by atoms with Crippen molar-refractivity contribution >= 4 is 5.97 Å². The van der Waals surface area contributed by atoms with Gasteiger partial charge in [-0.1, -0.05) is 20.8 Å². The Bertz CT molecular complexity index is 887. The zero-order valence-corrected chi connectivity index (χ0v) is 29.4. The van der Waals surface area contributed by atoms with Crippen LogP contribution in [-0.2, 0) is 42.7 Å². The molecule has 0 N–H and O–H groups in total. The minimum Gasteiger partial charge on any atom is -0.438 e. The van der Waals surface area contributed by atoms with E-state index >= 15 is 0 Å². The van der Waals surface area contributed by atoms with Crippen LogP contribution in [0.25, 0.3) is 0 Å². The molecule has 4 fully saturated rings. The van der Waals surface area contributed by atoms with Gasteiger partial charge in [0.1, 0.15) is 20.4 Å². The first-order valence-corrected chi connectivity index (χ1v) is 18.1. The van der Waals surface area contributed by atoms with E-state index in [0.717, 1.165) is 51.4 Å². The van der Waals surface area contributed by atoms with Crippen LogP contribution in [0.3, 0.4) is 0 Å². The highest BCUT2D eigenvalue weighted by Crippen LogP contribution is 2.69. The Kier molecular flexibility index (Phi) is 14.4. The highest BCUT2D eigenvalue weighted by molar-refractivity contribution is 5.69. The lowest BCUT2D eigenvalue weighted by Gasteiger charge is -2.64. The third-order valence-corrected chi connectivity index (χ3v) is 12.5. The summed E-state index contributed by atoms with van der Waals surface area (Å²) in [6.07, 6.45) is 9.30. The molecule has 9 nitrogen and oxygen atoms in total. The van der Waals surface area contributed by atoms with Crippen molar-refractivity contribution in [2.45, 2.75) is 125 Å². The highest BCUT2D eigenvalue weighted by atomic mass is 16.7. The number of carbonyl (C=O) groups is 1. The molecule has 262 valence electrons. The van der Waals surface area contributed by atoms with E-state index in [1.807, 2.05) is 27.7 Å². The van der Waals surface area contributed by atoms with Crippen LogP contribution in [0.4, 0.5) is 0 Å². The first-order valence-electron chi connectivity index (χ1n) is 18.1. The molecule has 45 heavy (non-hydrogen) atoms. The van der Waals surface area contributed by atoms with Crippen molar-refractivity contribution in [3.05, 3.63) is 0 Å². The van der Waals surface area contributed by atoms with Crippen molar-refractivity contribution in [3.63, 3.8) is 0 Å². The smallest absolute Gasteiger partial charge is 0.307 e. The van der Waals surface area contributed by atoms with Crippen LogP contribution in [0.15, 0.2) is 0 Å². The average Bonchev–Trinajstić information content (AvgIpc) is 3.39. The molecule has 0 bridgehead atoms. The predicted molar refractivity (Wildman–Crippen MR) is 171 cm³/mol. The summed E-state index contributed by atoms with van der Waals surface area (Å²) in [6, 6.07) is 0. The van der Waals surface area contributed by atoms with Crippen molar-refractivity contribution in [2.24, 2.45) is 46.3 Å². The third kappa shape index (κ3) is 8.44. The fourth-order valence-corrected chi connectivity index (χ4v) is 10.1. The molecule has 4 aliphatic rings. The van der Waals surface area contributed by atoms with Gasteiger partial charge in [0.05, 0.1) is 18.3 Å². The molecule has 4 aliphatic carbocycles. The Morgan fingerprint density at radius 1 is 0.756 bits per heavy atom. The van der Waals surface area contributed by atoms with Crippen LogP contribution in [0.5, 0.6) is 0 Å². The van der Waals surface area contributed by atoms with Gasteiger partial charge in [-0.15, -0.1) is 0 Å². The number of esters is 1. The maximum absolute atomic E-state index is 12.5. The molecule has 11 atom stereocenters. The Hall–Kier alpha value is -0.810. The molecule has 9 heteroatoms. The van der Waals surface area contributed by atoms with Crippen LogP contribution >= 0.6 is 0 Å². The van der Waals surface area contributed by atoms with Crippen LogP contribution in [0, 0.1) is 46.3 Å². The largest absolute Gasteiger partial charge is 0.438 e. The van der Waals surface area contributed by atoms with Gasteiger partial charge in [0, 0.05) is 38.3 Å². The molecule has 0 aromatic heterocycles. The number of ether oxygens (including phenoxy) is 8. The van der Waals surface area contributed by atoms with E-state index in [1.54, 1.807) is 0 Å². The first kappa shape index (κ1) is 37.0. The van der Waals surface area contributed by atoms with Crippen molar-refractivity contribution in [1.29, 1.82) is 0 Å². The predicted octanol–water partition coefficient (Wildman–Crippen LogP) is 6.96. The Balaban J connectivity index is 1.58. The van der Waals surface area contributed by atoms with Gasteiger partial charge in [0.25, 0.3) is 0 Å². The molecule has 4 rings (SSSR count). The molecule has 0 heterocycles. The molecule has 0 aromatic rings. The van der Waals surface area contributed by atoms with E-state index in [4.69, 9.17) is 37.9 Å². The standard InChI is InChI=1S/C36H64O9/c1-8-38-21-42-27-16-17-35(6)26(18-27)19-31(43-22-39-9-2)34-29-14-13-28(25(5)12-15-33(37)45-24-41-11-4)36(29,7)32(20-30(34)35)44-23-40-10-3/h25-32,34H,8-24H2,1-7H3/t25-,26+,27-,28-,29+,30+,31-,32+,34+,35+,36-/m1/s1. The second-order valence-electron chi connectivity index (χ2n) is 14.4. The summed E-state index contributed by atoms with van der Waals surface area (Å²) < 4.78 is 47.3. The second kappa shape index (κ2) is 17.5. The lowest BCUT2D eigenvalue weighted by Crippen LogP contribution is -2.63. The molecule has 0 unspecified atom stereocenters. The number of fused-ring (bicyclic) bond motifs is 5. The summed E-state index contributed by atoms with van der Waals surface area (Å²) in [5.74, 6) is 2.54.